The van der Waals surface area contributed by atoms with Crippen LogP contribution in [0.2, 0.25) is 5.02 Å². The lowest BCUT2D eigenvalue weighted by molar-refractivity contribution is 0.329. The Bertz CT molecular complexity index is 696. The fourth-order valence-corrected chi connectivity index (χ4v) is 2.08. The second-order valence-corrected chi connectivity index (χ2v) is 5.20. The van der Waals surface area contributed by atoms with Crippen molar-refractivity contribution in [2.24, 2.45) is 10.7 Å². The van der Waals surface area contributed by atoms with Gasteiger partial charge in [0.2, 0.25) is 0 Å². The Morgan fingerprint density at radius 2 is 1.76 bits per heavy atom. The molecule has 0 bridgehead atoms. The van der Waals surface area contributed by atoms with Crippen molar-refractivity contribution in [3.63, 3.8) is 0 Å². The minimum absolute atomic E-state index is 0. The van der Waals surface area contributed by atoms with Crippen LogP contribution in [0.15, 0.2) is 47.5 Å². The second kappa shape index (κ2) is 10.9. The molecule has 0 aromatic heterocycles. The SMILES string of the molecule is COc1ccc(OC)c(NC(N)=NCCOc2ccc(Cl)cc2)c1.I. The largest absolute Gasteiger partial charge is 0.497 e. The average Bonchev–Trinajstić information content (AvgIpc) is 2.60. The summed E-state index contributed by atoms with van der Waals surface area (Å²) in [7, 11) is 3.18. The number of benzene rings is 2. The van der Waals surface area contributed by atoms with Gasteiger partial charge in [-0.1, -0.05) is 11.6 Å². The molecule has 0 amide bonds. The number of nitrogens with two attached hydrogens (primary N) is 1. The molecule has 3 N–H and O–H groups in total. The van der Waals surface area contributed by atoms with Gasteiger partial charge in [-0.15, -0.1) is 24.0 Å². The van der Waals surface area contributed by atoms with Gasteiger partial charge in [0, 0.05) is 11.1 Å². The first-order valence-electron chi connectivity index (χ1n) is 7.29. The number of methoxy groups -OCH3 is 2. The molecule has 0 heterocycles. The van der Waals surface area contributed by atoms with Crippen LogP contribution in [-0.2, 0) is 0 Å². The number of hydrogen-bond donors (Lipinski definition) is 2. The molecule has 25 heavy (non-hydrogen) atoms. The van der Waals surface area contributed by atoms with Gasteiger partial charge in [-0.2, -0.15) is 0 Å². The van der Waals surface area contributed by atoms with Crippen LogP contribution in [0.4, 0.5) is 5.69 Å². The molecule has 0 saturated heterocycles. The summed E-state index contributed by atoms with van der Waals surface area (Å²) in [5.74, 6) is 2.33. The standard InChI is InChI=1S/C17H20ClN3O3.HI/c1-22-14-7-8-16(23-2)15(11-14)21-17(19)20-9-10-24-13-5-3-12(18)4-6-13;/h3-8,11H,9-10H2,1-2H3,(H3,19,20,21);1H. The van der Waals surface area contributed by atoms with Gasteiger partial charge in [-0.05, 0) is 36.4 Å². The number of anilines is 1. The number of nitrogens with zero attached hydrogens (tertiary/aromatic N) is 1. The first kappa shape index (κ1) is 21.2. The Morgan fingerprint density at radius 3 is 2.40 bits per heavy atom. The third-order valence-corrected chi connectivity index (χ3v) is 3.38. The van der Waals surface area contributed by atoms with E-state index in [9.17, 15) is 0 Å². The minimum Gasteiger partial charge on any atom is -0.497 e. The zero-order valence-corrected chi connectivity index (χ0v) is 17.1. The van der Waals surface area contributed by atoms with Gasteiger partial charge in [0.25, 0.3) is 0 Å². The Kier molecular flexibility index (Phi) is 9.22. The molecule has 2 aromatic carbocycles. The van der Waals surface area contributed by atoms with Crippen molar-refractivity contribution in [1.82, 2.24) is 0 Å². The number of aliphatic imine (C=N–C) groups is 1. The molecule has 6 nitrogen and oxygen atoms in total. The van der Waals surface area contributed by atoms with Crippen LogP contribution in [0.5, 0.6) is 17.2 Å². The lowest BCUT2D eigenvalue weighted by atomic mass is 10.2. The van der Waals surface area contributed by atoms with E-state index in [1.165, 1.54) is 0 Å². The molecule has 0 aliphatic rings. The highest BCUT2D eigenvalue weighted by molar-refractivity contribution is 14.0. The van der Waals surface area contributed by atoms with E-state index in [0.29, 0.717) is 35.4 Å². The molecule has 0 fully saturated rings. The molecule has 2 rings (SSSR count). The minimum atomic E-state index is 0. The molecule has 0 saturated carbocycles. The highest BCUT2D eigenvalue weighted by Crippen LogP contribution is 2.28. The smallest absolute Gasteiger partial charge is 0.193 e. The third kappa shape index (κ3) is 6.87. The zero-order chi connectivity index (χ0) is 17.4. The van der Waals surface area contributed by atoms with Gasteiger partial charge in [-0.3, -0.25) is 0 Å². The molecule has 8 heteroatoms. The van der Waals surface area contributed by atoms with Crippen LogP contribution in [-0.4, -0.2) is 33.3 Å². The zero-order valence-electron chi connectivity index (χ0n) is 14.0. The van der Waals surface area contributed by atoms with E-state index in [2.05, 4.69) is 10.3 Å². The summed E-state index contributed by atoms with van der Waals surface area (Å²) in [6, 6.07) is 12.5. The van der Waals surface area contributed by atoms with Gasteiger partial charge in [0.05, 0.1) is 26.5 Å². The average molecular weight is 478 g/mol. The number of rotatable bonds is 7. The summed E-state index contributed by atoms with van der Waals surface area (Å²) < 4.78 is 16.0. The lowest BCUT2D eigenvalue weighted by Crippen LogP contribution is -2.24. The summed E-state index contributed by atoms with van der Waals surface area (Å²) >= 11 is 5.82. The maximum atomic E-state index is 5.89. The maximum absolute atomic E-state index is 5.89. The van der Waals surface area contributed by atoms with Gasteiger partial charge in [-0.25, -0.2) is 4.99 Å². The molecular weight excluding hydrogens is 457 g/mol. The third-order valence-electron chi connectivity index (χ3n) is 3.13. The van der Waals surface area contributed by atoms with Crippen LogP contribution in [0.1, 0.15) is 0 Å². The molecular formula is C17H21ClIN3O3. The molecule has 0 radical (unpaired) electrons. The first-order valence-corrected chi connectivity index (χ1v) is 7.67. The van der Waals surface area contributed by atoms with E-state index >= 15 is 0 Å². The number of nitrogens with one attached hydrogen (secondary N) is 1. The molecule has 0 spiro atoms. The van der Waals surface area contributed by atoms with E-state index < -0.39 is 0 Å². The van der Waals surface area contributed by atoms with Crippen LogP contribution in [0, 0.1) is 0 Å². The number of hydrogen-bond acceptors (Lipinski definition) is 4. The van der Waals surface area contributed by atoms with Crippen LogP contribution < -0.4 is 25.3 Å². The lowest BCUT2D eigenvalue weighted by Gasteiger charge is -2.12. The maximum Gasteiger partial charge on any atom is 0.193 e. The Balaban J connectivity index is 0.00000312. The molecule has 0 unspecified atom stereocenters. The number of halogens is 2. The van der Waals surface area contributed by atoms with E-state index in [4.69, 9.17) is 31.5 Å². The monoisotopic (exact) mass is 477 g/mol. The highest BCUT2D eigenvalue weighted by atomic mass is 127. The normalized spacial score (nSPS) is 10.6. The van der Waals surface area contributed by atoms with E-state index in [1.54, 1.807) is 56.7 Å². The van der Waals surface area contributed by atoms with Crippen molar-refractivity contribution in [3.05, 3.63) is 47.5 Å². The molecule has 0 aliphatic heterocycles. The quantitative estimate of drug-likeness (QED) is 0.275. The number of guanidine groups is 1. The van der Waals surface area contributed by atoms with Crippen LogP contribution >= 0.6 is 35.6 Å². The topological polar surface area (TPSA) is 78.1 Å². The molecule has 0 atom stereocenters. The summed E-state index contributed by atoms with van der Waals surface area (Å²) in [4.78, 5) is 4.22. The summed E-state index contributed by atoms with van der Waals surface area (Å²) in [5.41, 5.74) is 6.57. The van der Waals surface area contributed by atoms with Gasteiger partial charge in [0.15, 0.2) is 5.96 Å². The summed E-state index contributed by atoms with van der Waals surface area (Å²) in [6.07, 6.45) is 0. The Morgan fingerprint density at radius 1 is 1.08 bits per heavy atom. The van der Waals surface area contributed by atoms with Crippen molar-refractivity contribution in [2.75, 3.05) is 32.7 Å². The second-order valence-electron chi connectivity index (χ2n) is 4.76. The fraction of sp³-hybridized carbons (Fsp3) is 0.235. The van der Waals surface area contributed by atoms with Crippen LogP contribution in [0.25, 0.3) is 0 Å². The van der Waals surface area contributed by atoms with Gasteiger partial charge < -0.3 is 25.3 Å². The van der Waals surface area contributed by atoms with Crippen LogP contribution in [0.3, 0.4) is 0 Å². The molecule has 2 aromatic rings. The van der Waals surface area contributed by atoms with Crippen molar-refractivity contribution < 1.29 is 14.2 Å². The van der Waals surface area contributed by atoms with Gasteiger partial charge in [0.1, 0.15) is 23.9 Å². The Hall–Kier alpha value is -1.87. The fourth-order valence-electron chi connectivity index (χ4n) is 1.95. The Labute approximate surface area is 169 Å². The highest BCUT2D eigenvalue weighted by Gasteiger charge is 2.06. The van der Waals surface area contributed by atoms with Gasteiger partial charge >= 0.3 is 0 Å². The van der Waals surface area contributed by atoms with E-state index in [-0.39, 0.29) is 29.9 Å². The predicted molar refractivity (Wildman–Crippen MR) is 112 cm³/mol. The van der Waals surface area contributed by atoms with Crippen molar-refractivity contribution in [3.8, 4) is 17.2 Å². The summed E-state index contributed by atoms with van der Waals surface area (Å²) in [5, 5.41) is 3.66. The van der Waals surface area contributed by atoms with E-state index in [0.717, 1.165) is 5.75 Å². The summed E-state index contributed by atoms with van der Waals surface area (Å²) in [6.45, 7) is 0.813. The van der Waals surface area contributed by atoms with Crippen molar-refractivity contribution >= 4 is 47.2 Å². The number of ether oxygens (including phenoxy) is 3. The predicted octanol–water partition coefficient (Wildman–Crippen LogP) is 3.78. The molecule has 0 aliphatic carbocycles. The van der Waals surface area contributed by atoms with E-state index in [1.807, 2.05) is 0 Å². The van der Waals surface area contributed by atoms with Crippen molar-refractivity contribution in [2.45, 2.75) is 0 Å². The first-order chi connectivity index (χ1) is 11.6. The van der Waals surface area contributed by atoms with Crippen molar-refractivity contribution in [1.29, 1.82) is 0 Å². The molecule has 136 valence electrons.